The van der Waals surface area contributed by atoms with E-state index in [2.05, 4.69) is 41.5 Å². The molecule has 0 amide bonds. The SMILES string of the molecule is CC1CCC(C(C)C)C(=O)C1.CC1CCC(C(C)C)C(=O)C1. The number of hydrogen-bond acceptors (Lipinski definition) is 2. The lowest BCUT2D eigenvalue weighted by Gasteiger charge is -2.27. The molecule has 0 heterocycles. The fraction of sp³-hybridized carbons (Fsp3) is 0.900. The molecule has 0 aromatic rings. The summed E-state index contributed by atoms with van der Waals surface area (Å²) in [5, 5.41) is 0. The Morgan fingerprint density at radius 3 is 1.23 bits per heavy atom. The van der Waals surface area contributed by atoms with Gasteiger partial charge in [-0.25, -0.2) is 0 Å². The van der Waals surface area contributed by atoms with Crippen molar-refractivity contribution in [2.24, 2.45) is 35.5 Å². The van der Waals surface area contributed by atoms with Gasteiger partial charge >= 0.3 is 0 Å². The predicted molar refractivity (Wildman–Crippen MR) is 92.7 cm³/mol. The van der Waals surface area contributed by atoms with Crippen LogP contribution in [0.5, 0.6) is 0 Å². The van der Waals surface area contributed by atoms with Gasteiger partial charge in [-0.3, -0.25) is 9.59 Å². The molecule has 0 aliphatic heterocycles. The smallest absolute Gasteiger partial charge is 0.136 e. The molecular formula is C20H36O2. The van der Waals surface area contributed by atoms with Gasteiger partial charge in [0, 0.05) is 24.7 Å². The Kier molecular flexibility index (Phi) is 7.79. The lowest BCUT2D eigenvalue weighted by Crippen LogP contribution is -2.27. The topological polar surface area (TPSA) is 34.1 Å². The summed E-state index contributed by atoms with van der Waals surface area (Å²) in [5.41, 5.74) is 0. The molecule has 0 aromatic heterocycles. The Hall–Kier alpha value is -0.660. The molecule has 2 heteroatoms. The zero-order valence-corrected chi connectivity index (χ0v) is 15.5. The van der Waals surface area contributed by atoms with E-state index in [1.807, 2.05) is 0 Å². The minimum Gasteiger partial charge on any atom is -0.299 e. The number of carbonyl (C=O) groups is 2. The van der Waals surface area contributed by atoms with Gasteiger partial charge in [0.2, 0.25) is 0 Å². The molecule has 2 nitrogen and oxygen atoms in total. The maximum Gasteiger partial charge on any atom is 0.136 e. The normalized spacial score (nSPS) is 32.9. The third-order valence-electron chi connectivity index (χ3n) is 5.48. The average Bonchev–Trinajstić information content (AvgIpc) is 2.38. The Morgan fingerprint density at radius 2 is 1.00 bits per heavy atom. The van der Waals surface area contributed by atoms with Crippen LogP contribution in [0, 0.1) is 35.5 Å². The molecule has 2 saturated carbocycles. The summed E-state index contributed by atoms with van der Waals surface area (Å²) < 4.78 is 0. The van der Waals surface area contributed by atoms with Crippen molar-refractivity contribution in [2.45, 2.75) is 80.1 Å². The van der Waals surface area contributed by atoms with Crippen molar-refractivity contribution in [2.75, 3.05) is 0 Å². The first-order valence-electron chi connectivity index (χ1n) is 9.27. The lowest BCUT2D eigenvalue weighted by atomic mass is 9.77. The first-order chi connectivity index (χ1) is 10.2. The highest BCUT2D eigenvalue weighted by molar-refractivity contribution is 5.82. The zero-order valence-electron chi connectivity index (χ0n) is 15.5. The van der Waals surface area contributed by atoms with Crippen molar-refractivity contribution in [3.8, 4) is 0 Å². The van der Waals surface area contributed by atoms with Gasteiger partial charge in [0.25, 0.3) is 0 Å². The molecule has 4 unspecified atom stereocenters. The summed E-state index contributed by atoms with van der Waals surface area (Å²) in [6.07, 6.45) is 6.38. The van der Waals surface area contributed by atoms with E-state index in [1.54, 1.807) is 0 Å². The van der Waals surface area contributed by atoms with Gasteiger partial charge in [-0.1, -0.05) is 41.5 Å². The molecule has 2 fully saturated rings. The van der Waals surface area contributed by atoms with Crippen molar-refractivity contribution in [1.82, 2.24) is 0 Å². The van der Waals surface area contributed by atoms with Gasteiger partial charge < -0.3 is 0 Å². The number of carbonyl (C=O) groups excluding carboxylic acids is 2. The summed E-state index contributed by atoms with van der Waals surface area (Å²) in [6, 6.07) is 0. The van der Waals surface area contributed by atoms with Crippen molar-refractivity contribution in [3.63, 3.8) is 0 Å². The van der Waals surface area contributed by atoms with Crippen LogP contribution >= 0.6 is 0 Å². The summed E-state index contributed by atoms with van der Waals surface area (Å²) in [4.78, 5) is 22.9. The minimum absolute atomic E-state index is 0.367. The van der Waals surface area contributed by atoms with Crippen molar-refractivity contribution in [1.29, 1.82) is 0 Å². The molecule has 0 N–H and O–H groups in total. The van der Waals surface area contributed by atoms with Crippen LogP contribution in [0.4, 0.5) is 0 Å². The van der Waals surface area contributed by atoms with Gasteiger partial charge in [0.15, 0.2) is 0 Å². The maximum atomic E-state index is 11.4. The van der Waals surface area contributed by atoms with Gasteiger partial charge in [-0.15, -0.1) is 0 Å². The third kappa shape index (κ3) is 5.85. The predicted octanol–water partition coefficient (Wildman–Crippen LogP) is 5.30. The van der Waals surface area contributed by atoms with E-state index < -0.39 is 0 Å². The van der Waals surface area contributed by atoms with Crippen LogP contribution in [-0.4, -0.2) is 11.6 Å². The summed E-state index contributed by atoms with van der Waals surface area (Å²) in [6.45, 7) is 13.0. The fourth-order valence-corrected chi connectivity index (χ4v) is 3.85. The number of Topliss-reactive ketones (excluding diaryl/α,β-unsaturated/α-hetero) is 2. The highest BCUT2D eigenvalue weighted by Gasteiger charge is 2.28. The largest absolute Gasteiger partial charge is 0.299 e. The molecule has 0 radical (unpaired) electrons. The van der Waals surface area contributed by atoms with Crippen LogP contribution in [-0.2, 0) is 9.59 Å². The van der Waals surface area contributed by atoms with E-state index in [0.717, 1.165) is 25.7 Å². The average molecular weight is 309 g/mol. The van der Waals surface area contributed by atoms with Crippen molar-refractivity contribution < 1.29 is 9.59 Å². The highest BCUT2D eigenvalue weighted by Crippen LogP contribution is 2.30. The third-order valence-corrected chi connectivity index (χ3v) is 5.48. The lowest BCUT2D eigenvalue weighted by molar-refractivity contribution is -0.128. The fourth-order valence-electron chi connectivity index (χ4n) is 3.85. The summed E-state index contributed by atoms with van der Waals surface area (Å²) in [7, 11) is 0. The van der Waals surface area contributed by atoms with E-state index in [-0.39, 0.29) is 0 Å². The monoisotopic (exact) mass is 308 g/mol. The molecule has 2 rings (SSSR count). The van der Waals surface area contributed by atoms with Crippen molar-refractivity contribution in [3.05, 3.63) is 0 Å². The molecule has 128 valence electrons. The van der Waals surface area contributed by atoms with Crippen LogP contribution in [0.15, 0.2) is 0 Å². The zero-order chi connectivity index (χ0) is 16.9. The second kappa shape index (κ2) is 8.84. The molecule has 0 aromatic carbocycles. The summed E-state index contributed by atoms with van der Waals surface area (Å²) in [5.74, 6) is 4.11. The first kappa shape index (κ1) is 19.4. The van der Waals surface area contributed by atoms with Gasteiger partial charge in [0.1, 0.15) is 11.6 Å². The van der Waals surface area contributed by atoms with Crippen LogP contribution in [0.2, 0.25) is 0 Å². The molecule has 2 aliphatic carbocycles. The number of rotatable bonds is 2. The van der Waals surface area contributed by atoms with Crippen LogP contribution in [0.25, 0.3) is 0 Å². The Labute approximate surface area is 137 Å². The van der Waals surface area contributed by atoms with E-state index in [9.17, 15) is 9.59 Å². The van der Waals surface area contributed by atoms with E-state index in [1.165, 1.54) is 12.8 Å². The minimum atomic E-state index is 0.367. The quantitative estimate of drug-likeness (QED) is 0.694. The maximum absolute atomic E-state index is 11.4. The Bertz CT molecular complexity index is 334. The van der Waals surface area contributed by atoms with Crippen LogP contribution < -0.4 is 0 Å². The Morgan fingerprint density at radius 1 is 0.682 bits per heavy atom. The molecule has 0 bridgehead atoms. The number of hydrogen-bond donors (Lipinski definition) is 0. The molecule has 22 heavy (non-hydrogen) atoms. The molecule has 0 saturated heterocycles. The standard InChI is InChI=1S/2C10H18O/c2*1-7(2)9-5-4-8(3)6-10(9)11/h2*7-9H,4-6H2,1-3H3. The van der Waals surface area contributed by atoms with Gasteiger partial charge in [-0.2, -0.15) is 0 Å². The van der Waals surface area contributed by atoms with Crippen molar-refractivity contribution >= 4 is 11.6 Å². The van der Waals surface area contributed by atoms with Gasteiger partial charge in [0.05, 0.1) is 0 Å². The molecule has 4 atom stereocenters. The van der Waals surface area contributed by atoms with Gasteiger partial charge in [-0.05, 0) is 49.4 Å². The second-order valence-corrected chi connectivity index (χ2v) is 8.41. The first-order valence-corrected chi connectivity index (χ1v) is 9.27. The highest BCUT2D eigenvalue weighted by atomic mass is 16.1. The number of ketones is 2. The Balaban J connectivity index is 0.000000220. The van der Waals surface area contributed by atoms with Crippen LogP contribution in [0.3, 0.4) is 0 Å². The van der Waals surface area contributed by atoms with E-state index in [4.69, 9.17) is 0 Å². The molecular weight excluding hydrogens is 272 g/mol. The van der Waals surface area contributed by atoms with Crippen LogP contribution in [0.1, 0.15) is 80.1 Å². The molecule has 0 spiro atoms. The van der Waals surface area contributed by atoms with E-state index >= 15 is 0 Å². The summed E-state index contributed by atoms with van der Waals surface area (Å²) >= 11 is 0. The second-order valence-electron chi connectivity index (χ2n) is 8.41. The molecule has 2 aliphatic rings. The van der Waals surface area contributed by atoms with E-state index in [0.29, 0.717) is 47.1 Å².